The van der Waals surface area contributed by atoms with E-state index >= 15 is 0 Å². The van der Waals surface area contributed by atoms with Gasteiger partial charge in [-0.05, 0) is 92.0 Å². The van der Waals surface area contributed by atoms with Gasteiger partial charge in [0.1, 0.15) is 0 Å². The minimum Gasteiger partial charge on any atom is -0.0805 e. The number of hydrogen-bond acceptors (Lipinski definition) is 0. The first kappa shape index (κ1) is 27.7. The van der Waals surface area contributed by atoms with Crippen molar-refractivity contribution in [3.05, 3.63) is 186 Å². The Bertz CT molecular complexity index is 2020. The molecule has 0 aromatic heterocycles. The normalized spacial score (nSPS) is 37.0. The van der Waals surface area contributed by atoms with Gasteiger partial charge in [-0.2, -0.15) is 0 Å². The zero-order valence-electron chi connectivity index (χ0n) is 27.3. The maximum atomic E-state index is 2.74. The van der Waals surface area contributed by atoms with Gasteiger partial charge < -0.3 is 0 Å². The molecule has 0 amide bonds. The monoisotopic (exact) mass is 606 g/mol. The molecular formula is C47H42. The van der Waals surface area contributed by atoms with Gasteiger partial charge in [0.2, 0.25) is 0 Å². The molecule has 0 saturated heterocycles. The van der Waals surface area contributed by atoms with Gasteiger partial charge in [0, 0.05) is 23.2 Å². The van der Waals surface area contributed by atoms with Crippen molar-refractivity contribution < 1.29 is 0 Å². The Hall–Kier alpha value is -4.42. The van der Waals surface area contributed by atoms with E-state index in [9.17, 15) is 0 Å². The Morgan fingerprint density at radius 3 is 1.91 bits per heavy atom. The third-order valence-electron chi connectivity index (χ3n) is 13.0. The van der Waals surface area contributed by atoms with Crippen LogP contribution in [0.4, 0.5) is 0 Å². The predicted molar refractivity (Wildman–Crippen MR) is 196 cm³/mol. The molecule has 0 aliphatic heterocycles. The van der Waals surface area contributed by atoms with Crippen LogP contribution in [-0.4, -0.2) is 0 Å². The highest BCUT2D eigenvalue weighted by Gasteiger charge is 2.53. The van der Waals surface area contributed by atoms with E-state index in [0.717, 1.165) is 0 Å². The van der Waals surface area contributed by atoms with Crippen molar-refractivity contribution in [2.45, 2.75) is 19.3 Å². The van der Waals surface area contributed by atoms with Crippen LogP contribution in [0.2, 0.25) is 0 Å². The van der Waals surface area contributed by atoms with Crippen molar-refractivity contribution in [1.82, 2.24) is 0 Å². The first-order valence-corrected chi connectivity index (χ1v) is 17.9. The summed E-state index contributed by atoms with van der Waals surface area (Å²) < 4.78 is 0. The molecule has 2 aromatic rings. The van der Waals surface area contributed by atoms with Crippen LogP contribution in [0, 0.1) is 59.2 Å². The van der Waals surface area contributed by atoms with E-state index in [1.54, 1.807) is 5.57 Å². The number of hydrogen-bond donors (Lipinski definition) is 0. The average molecular weight is 607 g/mol. The second-order valence-corrected chi connectivity index (χ2v) is 15.5. The van der Waals surface area contributed by atoms with E-state index in [2.05, 4.69) is 172 Å². The Morgan fingerprint density at radius 2 is 1.11 bits per heavy atom. The minimum absolute atomic E-state index is 0.0129. The molecule has 0 radical (unpaired) electrons. The second kappa shape index (κ2) is 10.3. The van der Waals surface area contributed by atoms with Crippen molar-refractivity contribution in [1.29, 1.82) is 0 Å². The van der Waals surface area contributed by atoms with Gasteiger partial charge in [0.15, 0.2) is 0 Å². The Balaban J connectivity index is 1.02. The highest BCUT2D eigenvalue weighted by Crippen LogP contribution is 2.59. The lowest BCUT2D eigenvalue weighted by atomic mass is 9.48. The highest BCUT2D eigenvalue weighted by atomic mass is 14.6. The molecule has 1 fully saturated rings. The summed E-state index contributed by atoms with van der Waals surface area (Å²) in [6.45, 7) is 4.76. The van der Waals surface area contributed by atoms with Gasteiger partial charge in [-0.1, -0.05) is 166 Å². The molecular weight excluding hydrogens is 565 g/mol. The minimum atomic E-state index is 0.0129. The van der Waals surface area contributed by atoms with E-state index < -0.39 is 0 Å². The van der Waals surface area contributed by atoms with Crippen LogP contribution in [0.3, 0.4) is 0 Å². The number of benzene rings is 2. The molecule has 8 aliphatic carbocycles. The van der Waals surface area contributed by atoms with Gasteiger partial charge >= 0.3 is 0 Å². The first-order valence-electron chi connectivity index (χ1n) is 17.9. The van der Waals surface area contributed by atoms with E-state index in [0.29, 0.717) is 59.2 Å². The summed E-state index contributed by atoms with van der Waals surface area (Å²) in [6, 6.07) is 16.1. The second-order valence-electron chi connectivity index (χ2n) is 15.5. The van der Waals surface area contributed by atoms with Gasteiger partial charge in [-0.3, -0.25) is 0 Å². The van der Waals surface area contributed by atoms with Crippen LogP contribution < -0.4 is 0 Å². The fraction of sp³-hybridized carbons (Fsp3) is 0.277. The van der Waals surface area contributed by atoms with Crippen LogP contribution in [-0.2, 0) is 5.41 Å². The summed E-state index contributed by atoms with van der Waals surface area (Å²) in [5.41, 5.74) is 11.3. The van der Waals surface area contributed by atoms with Crippen LogP contribution in [0.15, 0.2) is 169 Å². The topological polar surface area (TPSA) is 0 Å². The maximum Gasteiger partial charge on any atom is 0.0159 e. The molecule has 0 heteroatoms. The lowest BCUT2D eigenvalue weighted by Gasteiger charge is -2.55. The third kappa shape index (κ3) is 4.07. The van der Waals surface area contributed by atoms with Crippen molar-refractivity contribution in [2.24, 2.45) is 59.2 Å². The van der Waals surface area contributed by atoms with Crippen LogP contribution in [0.25, 0.3) is 16.7 Å². The summed E-state index contributed by atoms with van der Waals surface area (Å²) in [6.07, 6.45) is 46.5. The fourth-order valence-electron chi connectivity index (χ4n) is 10.8. The van der Waals surface area contributed by atoms with E-state index in [4.69, 9.17) is 0 Å². The third-order valence-corrected chi connectivity index (χ3v) is 13.0. The zero-order valence-corrected chi connectivity index (χ0v) is 27.3. The van der Waals surface area contributed by atoms with Gasteiger partial charge in [-0.15, -0.1) is 0 Å². The van der Waals surface area contributed by atoms with Crippen LogP contribution in [0.5, 0.6) is 0 Å². The molecule has 0 heterocycles. The molecule has 10 unspecified atom stereocenters. The summed E-state index contributed by atoms with van der Waals surface area (Å²) in [7, 11) is 0. The van der Waals surface area contributed by atoms with E-state index in [1.807, 2.05) is 0 Å². The maximum absolute atomic E-state index is 2.74. The molecule has 2 aromatic carbocycles. The largest absolute Gasteiger partial charge is 0.0805 e. The molecule has 0 N–H and O–H groups in total. The lowest BCUT2D eigenvalue weighted by Crippen LogP contribution is -2.50. The van der Waals surface area contributed by atoms with Crippen molar-refractivity contribution in [3.8, 4) is 11.1 Å². The molecule has 230 valence electrons. The summed E-state index contributed by atoms with van der Waals surface area (Å²) >= 11 is 0. The molecule has 0 spiro atoms. The zero-order chi connectivity index (χ0) is 31.3. The smallest absolute Gasteiger partial charge is 0.0159 e. The van der Waals surface area contributed by atoms with E-state index in [-0.39, 0.29) is 5.41 Å². The Morgan fingerprint density at radius 1 is 0.489 bits per heavy atom. The number of fused-ring (bicyclic) bond motifs is 12. The van der Waals surface area contributed by atoms with Gasteiger partial charge in [0.25, 0.3) is 0 Å². The van der Waals surface area contributed by atoms with Crippen LogP contribution >= 0.6 is 0 Å². The summed E-state index contributed by atoms with van der Waals surface area (Å²) in [4.78, 5) is 0. The molecule has 0 bridgehead atoms. The Labute approximate surface area is 280 Å². The number of rotatable bonds is 2. The predicted octanol–water partition coefficient (Wildman–Crippen LogP) is 10.9. The van der Waals surface area contributed by atoms with E-state index in [1.165, 1.54) is 39.0 Å². The molecule has 47 heavy (non-hydrogen) atoms. The molecule has 0 nitrogen and oxygen atoms in total. The van der Waals surface area contributed by atoms with Gasteiger partial charge in [-0.25, -0.2) is 0 Å². The lowest BCUT2D eigenvalue weighted by molar-refractivity contribution is 0.0467. The average Bonchev–Trinajstić information content (AvgIpc) is 3.36. The molecule has 10 atom stereocenters. The standard InChI is InChI=1S/C47H42/c1-47(2)44-18-10-9-15-38(44)39-24-23-31(27-45(39)47)30-21-19-29-20-22-32(26-33(29)25-30)42-28-43-36-13-4-3-11-34(36)35-12-5-7-16-40(35)46(43)41-17-8-6-14-37(41)42/h3-29,33-37,40-41,43,46H,1-2H3. The summed E-state index contributed by atoms with van der Waals surface area (Å²) in [5, 5.41) is 0. The first-order chi connectivity index (χ1) is 23.1. The quantitative estimate of drug-likeness (QED) is 0.319. The van der Waals surface area contributed by atoms with Crippen LogP contribution in [0.1, 0.15) is 30.5 Å². The Kier molecular flexibility index (Phi) is 6.06. The highest BCUT2D eigenvalue weighted by molar-refractivity contribution is 5.85. The van der Waals surface area contributed by atoms with Crippen molar-refractivity contribution in [3.63, 3.8) is 0 Å². The number of allylic oxidation sites excluding steroid dienone is 22. The van der Waals surface area contributed by atoms with Crippen molar-refractivity contribution >= 4 is 5.57 Å². The summed E-state index contributed by atoms with van der Waals surface area (Å²) in [5.74, 6) is 5.19. The molecule has 8 aliphatic rings. The van der Waals surface area contributed by atoms with Crippen molar-refractivity contribution in [2.75, 3.05) is 0 Å². The fourth-order valence-corrected chi connectivity index (χ4v) is 10.8. The molecule has 1 saturated carbocycles. The molecule has 10 rings (SSSR count). The van der Waals surface area contributed by atoms with Gasteiger partial charge in [0.05, 0.1) is 0 Å². The SMILES string of the molecule is CC1(C)c2ccccc2-c2ccc(C3=CC4C=C(C5=CC6C7C=CC=CC7C7C=CC=CC7C6C6C=CC=CC56)C=CC4C=C3)cc21.